The van der Waals surface area contributed by atoms with Gasteiger partial charge in [0.1, 0.15) is 0 Å². The Morgan fingerprint density at radius 1 is 1.07 bits per heavy atom. The highest BCUT2D eigenvalue weighted by Gasteiger charge is 2.33. The fraction of sp³-hybridized carbons (Fsp3) is 0.619. The number of likely N-dealkylation sites (tertiary alicyclic amines) is 1. The first kappa shape index (κ1) is 21.4. The minimum atomic E-state index is 0.00363. The summed E-state index contributed by atoms with van der Waals surface area (Å²) >= 11 is 12.2. The molecule has 0 aliphatic carbocycles. The summed E-state index contributed by atoms with van der Waals surface area (Å²) in [4.78, 5) is 29.2. The molecule has 2 aliphatic rings. The van der Waals surface area contributed by atoms with E-state index in [0.717, 1.165) is 18.4 Å². The van der Waals surface area contributed by atoms with Crippen LogP contribution in [-0.4, -0.2) is 60.0 Å². The van der Waals surface area contributed by atoms with E-state index in [1.807, 2.05) is 35.8 Å². The van der Waals surface area contributed by atoms with Gasteiger partial charge in [-0.25, -0.2) is 0 Å². The van der Waals surface area contributed by atoms with Gasteiger partial charge in [-0.1, -0.05) is 35.3 Å². The molecule has 2 heterocycles. The number of carbonyl (C=O) groups is 2. The lowest BCUT2D eigenvalue weighted by atomic mass is 9.94. The van der Waals surface area contributed by atoms with Crippen LogP contribution in [0.3, 0.4) is 0 Å². The maximum atomic E-state index is 12.8. The normalized spacial score (nSPS) is 23.7. The standard InChI is InChI=1S/C21H28Cl2N2O3/c1-14-12-25(13-15(2)28-14)21(27)17-8-10-24(11-9-17)19(26)7-6-16-4-3-5-18(22)20(16)23/h3-5,14-15,17H,6-13H2,1-2H3/t14-,15-/m0/s1. The van der Waals surface area contributed by atoms with Crippen molar-refractivity contribution in [2.45, 2.75) is 51.7 Å². The molecule has 0 aromatic heterocycles. The van der Waals surface area contributed by atoms with Crippen LogP contribution in [0.1, 0.15) is 38.7 Å². The van der Waals surface area contributed by atoms with E-state index in [1.165, 1.54) is 0 Å². The Morgan fingerprint density at radius 3 is 2.36 bits per heavy atom. The van der Waals surface area contributed by atoms with Crippen molar-refractivity contribution < 1.29 is 14.3 Å². The second-order valence-electron chi connectivity index (χ2n) is 7.87. The number of morpholine rings is 1. The lowest BCUT2D eigenvalue weighted by Gasteiger charge is -2.39. The Hall–Kier alpha value is -1.30. The van der Waals surface area contributed by atoms with E-state index >= 15 is 0 Å². The van der Waals surface area contributed by atoms with Crippen LogP contribution in [0.4, 0.5) is 0 Å². The summed E-state index contributed by atoms with van der Waals surface area (Å²) in [5.74, 6) is 0.319. The number of ether oxygens (including phenoxy) is 1. The fourth-order valence-corrected chi connectivity index (χ4v) is 4.55. The molecule has 2 fully saturated rings. The van der Waals surface area contributed by atoms with Crippen LogP contribution in [0.5, 0.6) is 0 Å². The zero-order chi connectivity index (χ0) is 20.3. The molecule has 1 aromatic rings. The molecular weight excluding hydrogens is 399 g/mol. The number of aryl methyl sites for hydroxylation is 1. The maximum Gasteiger partial charge on any atom is 0.225 e. The van der Waals surface area contributed by atoms with Crippen molar-refractivity contribution in [3.8, 4) is 0 Å². The quantitative estimate of drug-likeness (QED) is 0.735. The molecule has 3 rings (SSSR count). The number of rotatable bonds is 4. The SMILES string of the molecule is C[C@H]1CN(C(=O)C2CCN(C(=O)CCc3cccc(Cl)c3Cl)CC2)C[C@H](C)O1. The monoisotopic (exact) mass is 426 g/mol. The largest absolute Gasteiger partial charge is 0.372 e. The first-order valence-electron chi connectivity index (χ1n) is 10.00. The molecule has 2 aliphatic heterocycles. The number of hydrogen-bond acceptors (Lipinski definition) is 3. The molecular formula is C21H28Cl2N2O3. The zero-order valence-electron chi connectivity index (χ0n) is 16.5. The van der Waals surface area contributed by atoms with E-state index in [2.05, 4.69) is 0 Å². The van der Waals surface area contributed by atoms with Crippen molar-refractivity contribution in [2.24, 2.45) is 5.92 Å². The molecule has 1 aromatic carbocycles. The van der Waals surface area contributed by atoms with E-state index in [1.54, 1.807) is 6.07 Å². The third-order valence-electron chi connectivity index (χ3n) is 5.57. The molecule has 5 nitrogen and oxygen atoms in total. The van der Waals surface area contributed by atoms with Crippen molar-refractivity contribution in [3.63, 3.8) is 0 Å². The number of hydrogen-bond donors (Lipinski definition) is 0. The zero-order valence-corrected chi connectivity index (χ0v) is 18.0. The lowest BCUT2D eigenvalue weighted by molar-refractivity contribution is -0.150. The van der Waals surface area contributed by atoms with Crippen molar-refractivity contribution in [2.75, 3.05) is 26.2 Å². The van der Waals surface area contributed by atoms with E-state index in [4.69, 9.17) is 27.9 Å². The summed E-state index contributed by atoms with van der Waals surface area (Å²) in [6.45, 7) is 6.58. The first-order valence-corrected chi connectivity index (χ1v) is 10.8. The maximum absolute atomic E-state index is 12.8. The minimum absolute atomic E-state index is 0.00363. The molecule has 2 saturated heterocycles. The smallest absolute Gasteiger partial charge is 0.225 e. The molecule has 0 bridgehead atoms. The van der Waals surface area contributed by atoms with Gasteiger partial charge in [0, 0.05) is 38.5 Å². The second-order valence-corrected chi connectivity index (χ2v) is 8.65. The molecule has 2 amide bonds. The predicted octanol–water partition coefficient (Wildman–Crippen LogP) is 3.80. The Kier molecular flexibility index (Phi) is 7.24. The Labute approximate surface area is 176 Å². The highest BCUT2D eigenvalue weighted by atomic mass is 35.5. The van der Waals surface area contributed by atoms with Gasteiger partial charge in [0.05, 0.1) is 22.3 Å². The Balaban J connectivity index is 1.47. The summed E-state index contributed by atoms with van der Waals surface area (Å²) < 4.78 is 5.72. The highest BCUT2D eigenvalue weighted by molar-refractivity contribution is 6.42. The Morgan fingerprint density at radius 2 is 1.71 bits per heavy atom. The second kappa shape index (κ2) is 9.47. The van der Waals surface area contributed by atoms with Crippen molar-refractivity contribution in [1.29, 1.82) is 0 Å². The first-order chi connectivity index (χ1) is 13.3. The van der Waals surface area contributed by atoms with Crippen LogP contribution in [0, 0.1) is 5.92 Å². The van der Waals surface area contributed by atoms with Crippen molar-refractivity contribution in [1.82, 2.24) is 9.80 Å². The van der Waals surface area contributed by atoms with Crippen LogP contribution < -0.4 is 0 Å². The molecule has 28 heavy (non-hydrogen) atoms. The highest BCUT2D eigenvalue weighted by Crippen LogP contribution is 2.27. The Bertz CT molecular complexity index is 710. The minimum Gasteiger partial charge on any atom is -0.372 e. The topological polar surface area (TPSA) is 49.9 Å². The molecule has 0 radical (unpaired) electrons. The van der Waals surface area contributed by atoms with E-state index in [-0.39, 0.29) is 29.9 Å². The van der Waals surface area contributed by atoms with Crippen LogP contribution in [0.15, 0.2) is 18.2 Å². The van der Waals surface area contributed by atoms with Crippen LogP contribution >= 0.6 is 23.2 Å². The lowest BCUT2D eigenvalue weighted by Crippen LogP contribution is -2.51. The van der Waals surface area contributed by atoms with Gasteiger partial charge in [0.2, 0.25) is 11.8 Å². The van der Waals surface area contributed by atoms with E-state index in [0.29, 0.717) is 49.1 Å². The van der Waals surface area contributed by atoms with Gasteiger partial charge in [-0.05, 0) is 44.7 Å². The number of halogens is 2. The molecule has 0 unspecified atom stereocenters. The number of carbonyl (C=O) groups excluding carboxylic acids is 2. The molecule has 7 heteroatoms. The average Bonchev–Trinajstić information content (AvgIpc) is 2.67. The fourth-order valence-electron chi connectivity index (χ4n) is 4.13. The van der Waals surface area contributed by atoms with Crippen LogP contribution in [0.2, 0.25) is 10.0 Å². The van der Waals surface area contributed by atoms with Gasteiger partial charge in [-0.3, -0.25) is 9.59 Å². The molecule has 0 N–H and O–H groups in total. The molecule has 0 spiro atoms. The average molecular weight is 427 g/mol. The molecule has 2 atom stereocenters. The number of amides is 2. The van der Waals surface area contributed by atoms with Gasteiger partial charge in [0.25, 0.3) is 0 Å². The van der Waals surface area contributed by atoms with Crippen LogP contribution in [0.25, 0.3) is 0 Å². The van der Waals surface area contributed by atoms with E-state index in [9.17, 15) is 9.59 Å². The third kappa shape index (κ3) is 5.19. The van der Waals surface area contributed by atoms with E-state index < -0.39 is 0 Å². The molecule has 154 valence electrons. The summed E-state index contributed by atoms with van der Waals surface area (Å²) in [5.41, 5.74) is 0.892. The third-order valence-corrected chi connectivity index (χ3v) is 6.43. The number of nitrogens with zero attached hydrogens (tertiary/aromatic N) is 2. The van der Waals surface area contributed by atoms with Crippen LogP contribution in [-0.2, 0) is 20.7 Å². The van der Waals surface area contributed by atoms with Gasteiger partial charge < -0.3 is 14.5 Å². The predicted molar refractivity (Wildman–Crippen MR) is 111 cm³/mol. The van der Waals surface area contributed by atoms with Gasteiger partial charge >= 0.3 is 0 Å². The van der Waals surface area contributed by atoms with Crippen molar-refractivity contribution in [3.05, 3.63) is 33.8 Å². The summed E-state index contributed by atoms with van der Waals surface area (Å²) in [6.07, 6.45) is 2.57. The van der Waals surface area contributed by atoms with Gasteiger partial charge in [0.15, 0.2) is 0 Å². The van der Waals surface area contributed by atoms with Gasteiger partial charge in [-0.15, -0.1) is 0 Å². The summed E-state index contributed by atoms with van der Waals surface area (Å²) in [5, 5.41) is 1.04. The van der Waals surface area contributed by atoms with Crippen molar-refractivity contribution >= 4 is 35.0 Å². The summed E-state index contributed by atoms with van der Waals surface area (Å²) in [6, 6.07) is 5.49. The number of benzene rings is 1. The summed E-state index contributed by atoms with van der Waals surface area (Å²) in [7, 11) is 0. The number of piperidine rings is 1. The van der Waals surface area contributed by atoms with Gasteiger partial charge in [-0.2, -0.15) is 0 Å². The molecule has 0 saturated carbocycles.